The average molecular weight is 348 g/mol. The lowest BCUT2D eigenvalue weighted by molar-refractivity contribution is -0.126. The fraction of sp³-hybridized carbons (Fsp3) is 0.150. The van der Waals surface area contributed by atoms with E-state index in [-0.39, 0.29) is 17.6 Å². The van der Waals surface area contributed by atoms with Crippen LogP contribution in [-0.4, -0.2) is 33.7 Å². The number of benzene rings is 1. The number of amides is 2. The number of nitrogens with one attached hydrogen (secondary N) is 1. The second kappa shape index (κ2) is 7.23. The molecule has 6 heteroatoms. The first-order valence-electron chi connectivity index (χ1n) is 8.24. The van der Waals surface area contributed by atoms with Gasteiger partial charge in [-0.3, -0.25) is 14.6 Å². The molecule has 26 heavy (non-hydrogen) atoms. The molecule has 0 spiro atoms. The minimum absolute atomic E-state index is 0.102. The van der Waals surface area contributed by atoms with Crippen molar-refractivity contribution in [2.24, 2.45) is 5.73 Å². The molecule has 3 aromatic rings. The summed E-state index contributed by atoms with van der Waals surface area (Å²) in [5.74, 6) is -0.710. The van der Waals surface area contributed by atoms with Crippen LogP contribution in [0.4, 0.5) is 0 Å². The van der Waals surface area contributed by atoms with Gasteiger partial charge < -0.3 is 15.6 Å². The summed E-state index contributed by atoms with van der Waals surface area (Å²) in [4.78, 5) is 32.4. The third-order valence-electron chi connectivity index (χ3n) is 4.39. The molecule has 0 saturated heterocycles. The molecule has 0 bridgehead atoms. The van der Waals surface area contributed by atoms with Crippen molar-refractivity contribution in [2.75, 3.05) is 7.05 Å². The molecule has 3 rings (SSSR count). The number of likely N-dealkylation sites (N-methyl/N-ethyl adjacent to an activating group) is 1. The second-order valence-corrected chi connectivity index (χ2v) is 6.11. The highest BCUT2D eigenvalue weighted by Crippen LogP contribution is 2.23. The number of rotatable bonds is 5. The van der Waals surface area contributed by atoms with E-state index in [9.17, 15) is 9.59 Å². The lowest BCUT2D eigenvalue weighted by Crippen LogP contribution is -2.28. The maximum absolute atomic E-state index is 12.5. The minimum atomic E-state index is -0.580. The van der Waals surface area contributed by atoms with Gasteiger partial charge in [-0.15, -0.1) is 0 Å². The van der Waals surface area contributed by atoms with Gasteiger partial charge in [-0.2, -0.15) is 0 Å². The number of H-pyrrole nitrogens is 1. The number of para-hydroxylation sites is 1. The van der Waals surface area contributed by atoms with Crippen molar-refractivity contribution < 1.29 is 9.59 Å². The second-order valence-electron chi connectivity index (χ2n) is 6.11. The van der Waals surface area contributed by atoms with Gasteiger partial charge in [0.25, 0.3) is 5.91 Å². The van der Waals surface area contributed by atoms with Gasteiger partial charge in [0.05, 0.1) is 6.04 Å². The topological polar surface area (TPSA) is 92.1 Å². The maximum atomic E-state index is 12.5. The van der Waals surface area contributed by atoms with Gasteiger partial charge in [0.1, 0.15) is 5.69 Å². The summed E-state index contributed by atoms with van der Waals surface area (Å²) in [6, 6.07) is 13.2. The number of hydrogen-bond donors (Lipinski definition) is 2. The Morgan fingerprint density at radius 3 is 2.65 bits per heavy atom. The van der Waals surface area contributed by atoms with Crippen molar-refractivity contribution >= 4 is 28.8 Å². The molecule has 1 aromatic carbocycles. The maximum Gasteiger partial charge on any atom is 0.267 e. The van der Waals surface area contributed by atoms with Crippen LogP contribution in [0.2, 0.25) is 0 Å². The van der Waals surface area contributed by atoms with E-state index in [4.69, 9.17) is 5.73 Å². The number of fused-ring (bicyclic) bond motifs is 1. The highest BCUT2D eigenvalue weighted by atomic mass is 16.2. The van der Waals surface area contributed by atoms with Crippen molar-refractivity contribution in [3.63, 3.8) is 0 Å². The van der Waals surface area contributed by atoms with Crippen LogP contribution in [0.25, 0.3) is 17.0 Å². The van der Waals surface area contributed by atoms with Crippen LogP contribution in [0.15, 0.2) is 54.7 Å². The van der Waals surface area contributed by atoms with Crippen molar-refractivity contribution in [1.29, 1.82) is 0 Å². The molecule has 0 radical (unpaired) electrons. The lowest BCUT2D eigenvalue weighted by Gasteiger charge is -2.22. The molecule has 3 N–H and O–H groups in total. The number of carbonyl (C=O) groups is 2. The molecular weight excluding hydrogens is 328 g/mol. The number of nitrogens with two attached hydrogens (primary N) is 1. The Kier molecular flexibility index (Phi) is 4.84. The normalized spacial score (nSPS) is 12.4. The van der Waals surface area contributed by atoms with Crippen molar-refractivity contribution in [2.45, 2.75) is 13.0 Å². The number of aromatic nitrogens is 2. The van der Waals surface area contributed by atoms with Crippen LogP contribution in [0.3, 0.4) is 0 Å². The van der Waals surface area contributed by atoms with E-state index in [1.54, 1.807) is 24.1 Å². The summed E-state index contributed by atoms with van der Waals surface area (Å²) in [5.41, 5.74) is 8.09. The van der Waals surface area contributed by atoms with Gasteiger partial charge in [0, 0.05) is 30.5 Å². The van der Waals surface area contributed by atoms with E-state index in [0.29, 0.717) is 0 Å². The van der Waals surface area contributed by atoms with Crippen LogP contribution in [0, 0.1) is 0 Å². The van der Waals surface area contributed by atoms with E-state index >= 15 is 0 Å². The summed E-state index contributed by atoms with van der Waals surface area (Å²) in [6.45, 7) is 1.97. The fourth-order valence-electron chi connectivity index (χ4n) is 2.66. The number of carbonyl (C=O) groups excluding carboxylic acids is 2. The Morgan fingerprint density at radius 2 is 2.00 bits per heavy atom. The first-order chi connectivity index (χ1) is 12.5. The largest absolute Gasteiger partial charge is 0.364 e. The Bertz CT molecular complexity index is 940. The molecule has 132 valence electrons. The Balaban J connectivity index is 1.70. The Hall–Kier alpha value is -3.41. The third-order valence-corrected chi connectivity index (χ3v) is 4.39. The highest BCUT2D eigenvalue weighted by molar-refractivity contribution is 5.93. The van der Waals surface area contributed by atoms with Crippen molar-refractivity contribution in [1.82, 2.24) is 14.9 Å². The Morgan fingerprint density at radius 1 is 1.23 bits per heavy atom. The zero-order chi connectivity index (χ0) is 18.7. The van der Waals surface area contributed by atoms with Crippen LogP contribution >= 0.6 is 0 Å². The molecule has 0 fully saturated rings. The van der Waals surface area contributed by atoms with Crippen LogP contribution < -0.4 is 5.73 Å². The molecule has 2 heterocycles. The van der Waals surface area contributed by atoms with Gasteiger partial charge in [0.2, 0.25) is 5.91 Å². The number of primary amides is 1. The zero-order valence-corrected chi connectivity index (χ0v) is 14.6. The zero-order valence-electron chi connectivity index (χ0n) is 14.6. The van der Waals surface area contributed by atoms with E-state index in [2.05, 4.69) is 16.0 Å². The summed E-state index contributed by atoms with van der Waals surface area (Å²) in [6.07, 6.45) is 4.65. The monoisotopic (exact) mass is 348 g/mol. The molecule has 6 nitrogen and oxygen atoms in total. The highest BCUT2D eigenvalue weighted by Gasteiger charge is 2.17. The predicted molar refractivity (Wildman–Crippen MR) is 101 cm³/mol. The number of aromatic amines is 1. The summed E-state index contributed by atoms with van der Waals surface area (Å²) in [5, 5.41) is 1.12. The average Bonchev–Trinajstić information content (AvgIpc) is 3.09. The smallest absolute Gasteiger partial charge is 0.267 e. The van der Waals surface area contributed by atoms with Gasteiger partial charge >= 0.3 is 0 Å². The fourth-order valence-corrected chi connectivity index (χ4v) is 2.66. The molecular formula is C20H20N4O2. The van der Waals surface area contributed by atoms with Crippen LogP contribution in [0.5, 0.6) is 0 Å². The standard InChI is InChI=1S/C20H20N4O2/c1-13(18-11-15-5-3-4-6-16(15)23-18)24(2)19(25)10-8-14-7-9-17(20(21)26)22-12-14/h3-13,23H,1-2H3,(H2,21,26). The SMILES string of the molecule is CC(c1cc2ccccc2[nH]1)N(C)C(=O)C=Cc1ccc(C(N)=O)nc1. The predicted octanol–water partition coefficient (Wildman–Crippen LogP) is 2.89. The molecule has 2 amide bonds. The van der Waals surface area contributed by atoms with Gasteiger partial charge in [0.15, 0.2) is 0 Å². The Labute approximate surface area is 151 Å². The van der Waals surface area contributed by atoms with Crippen molar-refractivity contribution in [3.8, 4) is 0 Å². The van der Waals surface area contributed by atoms with Gasteiger partial charge in [-0.1, -0.05) is 24.3 Å². The summed E-state index contributed by atoms with van der Waals surface area (Å²) < 4.78 is 0. The molecule has 1 unspecified atom stereocenters. The van der Waals surface area contributed by atoms with E-state index in [0.717, 1.165) is 22.2 Å². The van der Waals surface area contributed by atoms with Crippen molar-refractivity contribution in [3.05, 3.63) is 71.7 Å². The number of nitrogens with zero attached hydrogens (tertiary/aromatic N) is 2. The lowest BCUT2D eigenvalue weighted by atomic mass is 10.2. The first kappa shape index (κ1) is 17.4. The molecule has 0 aliphatic heterocycles. The number of hydrogen-bond acceptors (Lipinski definition) is 3. The first-order valence-corrected chi connectivity index (χ1v) is 8.24. The van der Waals surface area contributed by atoms with Crippen LogP contribution in [0.1, 0.15) is 34.7 Å². The van der Waals surface area contributed by atoms with E-state index < -0.39 is 5.91 Å². The molecule has 0 saturated carbocycles. The number of pyridine rings is 1. The quantitative estimate of drug-likeness (QED) is 0.694. The molecule has 2 aromatic heterocycles. The molecule has 1 atom stereocenters. The summed E-state index contributed by atoms with van der Waals surface area (Å²) >= 11 is 0. The molecule has 0 aliphatic carbocycles. The summed E-state index contributed by atoms with van der Waals surface area (Å²) in [7, 11) is 1.76. The van der Waals surface area contributed by atoms with E-state index in [1.807, 2.05) is 31.2 Å². The van der Waals surface area contributed by atoms with Gasteiger partial charge in [-0.25, -0.2) is 0 Å². The van der Waals surface area contributed by atoms with E-state index in [1.165, 1.54) is 18.3 Å². The molecule has 0 aliphatic rings. The van der Waals surface area contributed by atoms with Gasteiger partial charge in [-0.05, 0) is 42.1 Å². The minimum Gasteiger partial charge on any atom is -0.364 e. The van der Waals surface area contributed by atoms with Crippen LogP contribution in [-0.2, 0) is 4.79 Å². The third kappa shape index (κ3) is 3.64.